The molecule has 0 saturated heterocycles. The molecule has 7 heteroatoms. The van der Waals surface area contributed by atoms with Gasteiger partial charge < -0.3 is 10.1 Å². The summed E-state index contributed by atoms with van der Waals surface area (Å²) in [6.45, 7) is 0. The molecule has 2 aromatic carbocycles. The monoisotopic (exact) mass is 372 g/mol. The minimum atomic E-state index is -1.27. The molecule has 26 heavy (non-hydrogen) atoms. The van der Waals surface area contributed by atoms with Crippen molar-refractivity contribution >= 4 is 35.6 Å². The van der Waals surface area contributed by atoms with Gasteiger partial charge in [-0.25, -0.2) is 9.59 Å². The van der Waals surface area contributed by atoms with Crippen LogP contribution in [-0.4, -0.2) is 25.0 Å². The first kappa shape index (κ1) is 19.2. The standard InChI is InChI=1S/C19H17ClN2O4/c1-21-19(25)22-18(24)17(14-8-3-2-4-9-14)26-16(23)12-11-13-7-5-6-10-15(13)20/h2-12,17H,1H3,(H2,21,22,24,25)/b12-11+/t17-/m0/s1. The Morgan fingerprint density at radius 2 is 1.69 bits per heavy atom. The van der Waals surface area contributed by atoms with Gasteiger partial charge in [0, 0.05) is 23.7 Å². The maximum atomic E-state index is 12.3. The molecule has 0 saturated carbocycles. The highest BCUT2D eigenvalue weighted by molar-refractivity contribution is 6.32. The second-order valence-corrected chi connectivity index (χ2v) is 5.56. The average molecular weight is 373 g/mol. The molecule has 0 aliphatic carbocycles. The van der Waals surface area contributed by atoms with E-state index in [1.165, 1.54) is 19.2 Å². The highest BCUT2D eigenvalue weighted by Crippen LogP contribution is 2.19. The van der Waals surface area contributed by atoms with Crippen LogP contribution in [0.5, 0.6) is 0 Å². The zero-order chi connectivity index (χ0) is 18.9. The Labute approximate surface area is 155 Å². The second-order valence-electron chi connectivity index (χ2n) is 5.15. The smallest absolute Gasteiger partial charge is 0.331 e. The molecule has 2 N–H and O–H groups in total. The van der Waals surface area contributed by atoms with Crippen LogP contribution in [0.3, 0.4) is 0 Å². The number of carbonyl (C=O) groups is 3. The number of carbonyl (C=O) groups excluding carboxylic acids is 3. The van der Waals surface area contributed by atoms with Gasteiger partial charge in [-0.3, -0.25) is 10.1 Å². The lowest BCUT2D eigenvalue weighted by molar-refractivity contribution is -0.151. The number of urea groups is 1. The molecule has 0 aliphatic heterocycles. The summed E-state index contributed by atoms with van der Waals surface area (Å²) in [6.07, 6.45) is 1.39. The van der Waals surface area contributed by atoms with E-state index in [0.29, 0.717) is 16.1 Å². The van der Waals surface area contributed by atoms with E-state index in [1.54, 1.807) is 54.6 Å². The third-order valence-corrected chi connectivity index (χ3v) is 3.69. The molecule has 0 aliphatic rings. The summed E-state index contributed by atoms with van der Waals surface area (Å²) in [7, 11) is 1.37. The molecule has 0 bridgehead atoms. The number of halogens is 1. The van der Waals surface area contributed by atoms with Gasteiger partial charge in [-0.05, 0) is 17.7 Å². The van der Waals surface area contributed by atoms with Crippen molar-refractivity contribution < 1.29 is 19.1 Å². The van der Waals surface area contributed by atoms with E-state index in [1.807, 2.05) is 0 Å². The van der Waals surface area contributed by atoms with Gasteiger partial charge in [0.2, 0.25) is 6.10 Å². The van der Waals surface area contributed by atoms with E-state index >= 15 is 0 Å². The normalized spacial score (nSPS) is 11.6. The average Bonchev–Trinajstić information content (AvgIpc) is 2.66. The fourth-order valence-electron chi connectivity index (χ4n) is 2.06. The Hall–Kier alpha value is -3.12. The van der Waals surface area contributed by atoms with Crippen LogP contribution in [0.4, 0.5) is 4.79 Å². The summed E-state index contributed by atoms with van der Waals surface area (Å²) in [5.74, 6) is -1.50. The van der Waals surface area contributed by atoms with E-state index < -0.39 is 24.0 Å². The van der Waals surface area contributed by atoms with Crippen molar-refractivity contribution in [1.29, 1.82) is 0 Å². The molecule has 0 unspecified atom stereocenters. The predicted octanol–water partition coefficient (Wildman–Crippen LogP) is 3.09. The molecule has 6 nitrogen and oxygen atoms in total. The molecule has 134 valence electrons. The van der Waals surface area contributed by atoms with Crippen molar-refractivity contribution in [3.63, 3.8) is 0 Å². The Morgan fingerprint density at radius 3 is 2.35 bits per heavy atom. The fourth-order valence-corrected chi connectivity index (χ4v) is 2.26. The highest BCUT2D eigenvalue weighted by Gasteiger charge is 2.25. The van der Waals surface area contributed by atoms with Gasteiger partial charge in [0.1, 0.15) is 0 Å². The Bertz CT molecular complexity index is 821. The van der Waals surface area contributed by atoms with Crippen molar-refractivity contribution in [2.75, 3.05) is 7.05 Å². The van der Waals surface area contributed by atoms with Gasteiger partial charge in [0.05, 0.1) is 0 Å². The largest absolute Gasteiger partial charge is 0.444 e. The van der Waals surface area contributed by atoms with E-state index in [4.69, 9.17) is 16.3 Å². The molecule has 3 amide bonds. The van der Waals surface area contributed by atoms with Crippen LogP contribution in [0.25, 0.3) is 6.08 Å². The molecular weight excluding hydrogens is 356 g/mol. The predicted molar refractivity (Wildman–Crippen MR) is 98.4 cm³/mol. The maximum absolute atomic E-state index is 12.3. The van der Waals surface area contributed by atoms with Crippen LogP contribution in [-0.2, 0) is 14.3 Å². The molecule has 0 aromatic heterocycles. The van der Waals surface area contributed by atoms with Crippen molar-refractivity contribution in [1.82, 2.24) is 10.6 Å². The number of rotatable bonds is 5. The number of hydrogen-bond acceptors (Lipinski definition) is 4. The third kappa shape index (κ3) is 5.46. The van der Waals surface area contributed by atoms with E-state index in [2.05, 4.69) is 10.6 Å². The fraction of sp³-hybridized carbons (Fsp3) is 0.105. The first-order valence-corrected chi connectivity index (χ1v) is 8.10. The number of imide groups is 1. The first-order valence-electron chi connectivity index (χ1n) is 7.72. The summed E-state index contributed by atoms with van der Waals surface area (Å²) in [6, 6.07) is 14.7. The zero-order valence-electron chi connectivity index (χ0n) is 13.9. The van der Waals surface area contributed by atoms with Crippen LogP contribution in [0.15, 0.2) is 60.7 Å². The van der Waals surface area contributed by atoms with E-state index in [-0.39, 0.29) is 0 Å². The van der Waals surface area contributed by atoms with Crippen LogP contribution < -0.4 is 10.6 Å². The molecule has 1 atom stereocenters. The molecule has 0 heterocycles. The van der Waals surface area contributed by atoms with Gasteiger partial charge in [-0.15, -0.1) is 0 Å². The summed E-state index contributed by atoms with van der Waals surface area (Å²) in [5, 5.41) is 4.85. The Balaban J connectivity index is 2.15. The summed E-state index contributed by atoms with van der Waals surface area (Å²) < 4.78 is 5.24. The molecule has 2 rings (SSSR count). The summed E-state index contributed by atoms with van der Waals surface area (Å²) in [4.78, 5) is 35.8. The van der Waals surface area contributed by atoms with E-state index in [0.717, 1.165) is 0 Å². The quantitative estimate of drug-likeness (QED) is 0.624. The first-order chi connectivity index (χ1) is 12.5. The molecular formula is C19H17ClN2O4. The number of benzene rings is 2. The van der Waals surface area contributed by atoms with Crippen molar-refractivity contribution in [3.05, 3.63) is 76.8 Å². The number of hydrogen-bond donors (Lipinski definition) is 2. The minimum Gasteiger partial charge on any atom is -0.444 e. The van der Waals surface area contributed by atoms with Gasteiger partial charge in [0.15, 0.2) is 0 Å². The molecule has 0 radical (unpaired) electrons. The lowest BCUT2D eigenvalue weighted by atomic mass is 10.1. The van der Waals surface area contributed by atoms with Gasteiger partial charge in [-0.1, -0.05) is 60.1 Å². The topological polar surface area (TPSA) is 84.5 Å². The van der Waals surface area contributed by atoms with Crippen LogP contribution >= 0.6 is 11.6 Å². The van der Waals surface area contributed by atoms with Crippen LogP contribution in [0.1, 0.15) is 17.2 Å². The Kier molecular flexibility index (Phi) is 6.93. The van der Waals surface area contributed by atoms with Crippen LogP contribution in [0.2, 0.25) is 5.02 Å². The maximum Gasteiger partial charge on any atom is 0.331 e. The number of ether oxygens (including phenoxy) is 1. The van der Waals surface area contributed by atoms with Gasteiger partial charge in [0.25, 0.3) is 5.91 Å². The summed E-state index contributed by atoms with van der Waals surface area (Å²) >= 11 is 6.02. The number of esters is 1. The number of nitrogens with one attached hydrogen (secondary N) is 2. The lowest BCUT2D eigenvalue weighted by Crippen LogP contribution is -2.41. The summed E-state index contributed by atoms with van der Waals surface area (Å²) in [5.41, 5.74) is 1.07. The SMILES string of the molecule is CNC(=O)NC(=O)[C@@H](OC(=O)/C=C/c1ccccc1Cl)c1ccccc1. The minimum absolute atomic E-state index is 0.438. The molecule has 0 spiro atoms. The highest BCUT2D eigenvalue weighted by atomic mass is 35.5. The number of amides is 3. The molecule has 2 aromatic rings. The van der Waals surface area contributed by atoms with Crippen molar-refractivity contribution in [2.24, 2.45) is 0 Å². The van der Waals surface area contributed by atoms with Crippen LogP contribution in [0, 0.1) is 0 Å². The third-order valence-electron chi connectivity index (χ3n) is 3.34. The van der Waals surface area contributed by atoms with Gasteiger partial charge >= 0.3 is 12.0 Å². The lowest BCUT2D eigenvalue weighted by Gasteiger charge is -2.16. The van der Waals surface area contributed by atoms with Crippen molar-refractivity contribution in [2.45, 2.75) is 6.10 Å². The van der Waals surface area contributed by atoms with Crippen molar-refractivity contribution in [3.8, 4) is 0 Å². The van der Waals surface area contributed by atoms with Gasteiger partial charge in [-0.2, -0.15) is 0 Å². The van der Waals surface area contributed by atoms with E-state index in [9.17, 15) is 14.4 Å². The Morgan fingerprint density at radius 1 is 1.04 bits per heavy atom. The molecule has 0 fully saturated rings. The second kappa shape index (κ2) is 9.39. The zero-order valence-corrected chi connectivity index (χ0v) is 14.7.